The molecule has 2 aromatic rings. The number of rotatable bonds is 6. The van der Waals surface area contributed by atoms with Crippen molar-refractivity contribution in [3.8, 4) is 5.75 Å². The highest BCUT2D eigenvalue weighted by molar-refractivity contribution is 6.02. The molecule has 0 spiro atoms. The van der Waals surface area contributed by atoms with E-state index in [-0.39, 0.29) is 17.2 Å². The van der Waals surface area contributed by atoms with Crippen molar-refractivity contribution in [2.45, 2.75) is 0 Å². The highest BCUT2D eigenvalue weighted by Gasteiger charge is 2.10. The van der Waals surface area contributed by atoms with Crippen LogP contribution in [-0.4, -0.2) is 17.8 Å². The number of ether oxygens (including phenoxy) is 1. The molecule has 0 aliphatic rings. The topological polar surface area (TPSA) is 94.6 Å². The van der Waals surface area contributed by atoms with Crippen LogP contribution >= 0.6 is 0 Å². The molecule has 0 atom stereocenters. The van der Waals surface area contributed by atoms with Gasteiger partial charge in [-0.05, 0) is 18.2 Å². The van der Waals surface area contributed by atoms with Crippen molar-refractivity contribution >= 4 is 17.2 Å². The van der Waals surface area contributed by atoms with Crippen molar-refractivity contribution in [3.05, 3.63) is 64.7 Å². The Kier molecular flexibility index (Phi) is 4.35. The lowest BCUT2D eigenvalue weighted by Crippen LogP contribution is -1.97. The molecule has 0 radical (unpaired) electrons. The van der Waals surface area contributed by atoms with Gasteiger partial charge in [-0.1, -0.05) is 0 Å². The summed E-state index contributed by atoms with van der Waals surface area (Å²) < 4.78 is 10.0. The number of nitro groups is 1. The standard InChI is InChI=1S/C14H12N2O5/c1-20-14-9-10(16(18)19)4-5-11(14)15-7-6-12(17)13-3-2-8-21-13/h2-9,15H,1H3. The second-order valence-corrected chi connectivity index (χ2v) is 3.96. The Bertz CT molecular complexity index is 677. The van der Waals surface area contributed by atoms with E-state index in [0.29, 0.717) is 11.4 Å². The van der Waals surface area contributed by atoms with Crippen LogP contribution in [0.5, 0.6) is 5.75 Å². The number of nitro benzene ring substituents is 1. The molecule has 1 aromatic carbocycles. The fourth-order valence-electron chi connectivity index (χ4n) is 1.62. The molecule has 0 bridgehead atoms. The van der Waals surface area contributed by atoms with Gasteiger partial charge in [-0.3, -0.25) is 14.9 Å². The number of carbonyl (C=O) groups is 1. The van der Waals surface area contributed by atoms with E-state index in [1.165, 1.54) is 43.8 Å². The van der Waals surface area contributed by atoms with Crippen LogP contribution in [0.1, 0.15) is 10.6 Å². The quantitative estimate of drug-likeness (QED) is 0.380. The van der Waals surface area contributed by atoms with Gasteiger partial charge in [0.05, 0.1) is 30.1 Å². The molecule has 7 nitrogen and oxygen atoms in total. The minimum absolute atomic E-state index is 0.0759. The fourth-order valence-corrected chi connectivity index (χ4v) is 1.62. The molecule has 0 aliphatic heterocycles. The summed E-state index contributed by atoms with van der Waals surface area (Å²) in [7, 11) is 1.40. The molecular weight excluding hydrogens is 276 g/mol. The highest BCUT2D eigenvalue weighted by atomic mass is 16.6. The van der Waals surface area contributed by atoms with E-state index >= 15 is 0 Å². The lowest BCUT2D eigenvalue weighted by Gasteiger charge is -2.07. The van der Waals surface area contributed by atoms with Crippen LogP contribution in [0.3, 0.4) is 0 Å². The summed E-state index contributed by atoms with van der Waals surface area (Å²) in [6.45, 7) is 0. The molecule has 0 unspecified atom stereocenters. The van der Waals surface area contributed by atoms with Gasteiger partial charge in [-0.25, -0.2) is 0 Å². The van der Waals surface area contributed by atoms with Crippen LogP contribution in [-0.2, 0) is 0 Å². The van der Waals surface area contributed by atoms with Crippen LogP contribution in [0.15, 0.2) is 53.3 Å². The average molecular weight is 288 g/mol. The van der Waals surface area contributed by atoms with Gasteiger partial charge in [0.15, 0.2) is 5.76 Å². The molecule has 7 heteroatoms. The molecule has 0 aliphatic carbocycles. The lowest BCUT2D eigenvalue weighted by molar-refractivity contribution is -0.384. The number of anilines is 1. The largest absolute Gasteiger partial charge is 0.494 e. The van der Waals surface area contributed by atoms with Gasteiger partial charge < -0.3 is 14.5 Å². The van der Waals surface area contributed by atoms with Gasteiger partial charge in [0.1, 0.15) is 5.75 Å². The van der Waals surface area contributed by atoms with Crippen molar-refractivity contribution in [1.82, 2.24) is 0 Å². The maximum absolute atomic E-state index is 11.7. The number of hydrogen-bond acceptors (Lipinski definition) is 6. The van der Waals surface area contributed by atoms with Crippen molar-refractivity contribution in [2.75, 3.05) is 12.4 Å². The number of allylic oxidation sites excluding steroid dienone is 1. The molecule has 2 rings (SSSR count). The number of non-ortho nitro benzene ring substituents is 1. The van der Waals surface area contributed by atoms with Gasteiger partial charge in [-0.2, -0.15) is 0 Å². The number of nitrogens with zero attached hydrogens (tertiary/aromatic N) is 1. The van der Waals surface area contributed by atoms with Crippen LogP contribution in [0.2, 0.25) is 0 Å². The number of nitrogens with one attached hydrogen (secondary N) is 1. The molecule has 1 N–H and O–H groups in total. The first kappa shape index (κ1) is 14.3. The van der Waals surface area contributed by atoms with Crippen LogP contribution in [0.25, 0.3) is 0 Å². The summed E-state index contributed by atoms with van der Waals surface area (Å²) in [5, 5.41) is 13.5. The number of benzene rings is 1. The normalized spacial score (nSPS) is 10.5. The average Bonchev–Trinajstić information content (AvgIpc) is 3.01. The molecule has 0 fully saturated rings. The summed E-state index contributed by atoms with van der Waals surface area (Å²) in [6, 6.07) is 7.31. The van der Waals surface area contributed by atoms with Gasteiger partial charge in [-0.15, -0.1) is 0 Å². The maximum Gasteiger partial charge on any atom is 0.273 e. The Balaban J connectivity index is 2.09. The SMILES string of the molecule is COc1cc([N+](=O)[O-])ccc1NC=CC(=O)c1ccco1. The molecule has 1 aromatic heterocycles. The lowest BCUT2D eigenvalue weighted by atomic mass is 10.2. The van der Waals surface area contributed by atoms with Crippen LogP contribution < -0.4 is 10.1 Å². The molecule has 0 amide bonds. The van der Waals surface area contributed by atoms with E-state index in [9.17, 15) is 14.9 Å². The molecule has 1 heterocycles. The summed E-state index contributed by atoms with van der Waals surface area (Å²) >= 11 is 0. The Morgan fingerprint density at radius 3 is 2.86 bits per heavy atom. The second-order valence-electron chi connectivity index (χ2n) is 3.96. The number of furan rings is 1. The Morgan fingerprint density at radius 2 is 2.24 bits per heavy atom. The van der Waals surface area contributed by atoms with E-state index in [0.717, 1.165) is 0 Å². The maximum atomic E-state index is 11.7. The summed E-state index contributed by atoms with van der Waals surface area (Å²) in [6.07, 6.45) is 4.11. The molecular formula is C14H12N2O5. The smallest absolute Gasteiger partial charge is 0.273 e. The fraction of sp³-hybridized carbons (Fsp3) is 0.0714. The third-order valence-electron chi connectivity index (χ3n) is 2.63. The molecule has 21 heavy (non-hydrogen) atoms. The van der Waals surface area contributed by atoms with E-state index in [1.54, 1.807) is 12.1 Å². The number of methoxy groups -OCH3 is 1. The first-order valence-electron chi connectivity index (χ1n) is 5.95. The van der Waals surface area contributed by atoms with E-state index < -0.39 is 4.92 Å². The number of carbonyl (C=O) groups excluding carboxylic acids is 1. The third-order valence-corrected chi connectivity index (χ3v) is 2.63. The zero-order valence-corrected chi connectivity index (χ0v) is 11.1. The van der Waals surface area contributed by atoms with Crippen molar-refractivity contribution < 1.29 is 18.9 Å². The van der Waals surface area contributed by atoms with Gasteiger partial charge in [0.25, 0.3) is 5.69 Å². The van der Waals surface area contributed by atoms with Crippen molar-refractivity contribution in [3.63, 3.8) is 0 Å². The molecule has 0 saturated heterocycles. The number of ketones is 1. The first-order valence-corrected chi connectivity index (χ1v) is 5.95. The van der Waals surface area contributed by atoms with E-state index in [4.69, 9.17) is 9.15 Å². The molecule has 108 valence electrons. The third kappa shape index (κ3) is 3.47. The van der Waals surface area contributed by atoms with Crippen LogP contribution in [0, 0.1) is 10.1 Å². The second kappa shape index (κ2) is 6.38. The predicted octanol–water partition coefficient (Wildman–Crippen LogP) is 3.00. The Labute approximate surface area is 120 Å². The van der Waals surface area contributed by atoms with Crippen molar-refractivity contribution in [1.29, 1.82) is 0 Å². The van der Waals surface area contributed by atoms with Gasteiger partial charge in [0.2, 0.25) is 5.78 Å². The highest BCUT2D eigenvalue weighted by Crippen LogP contribution is 2.28. The van der Waals surface area contributed by atoms with E-state index in [2.05, 4.69) is 5.32 Å². The summed E-state index contributed by atoms with van der Waals surface area (Å²) in [5.74, 6) is 0.233. The van der Waals surface area contributed by atoms with Crippen molar-refractivity contribution in [2.24, 2.45) is 0 Å². The Morgan fingerprint density at radius 1 is 1.43 bits per heavy atom. The predicted molar refractivity (Wildman–Crippen MR) is 75.4 cm³/mol. The van der Waals surface area contributed by atoms with Crippen LogP contribution in [0.4, 0.5) is 11.4 Å². The monoisotopic (exact) mass is 288 g/mol. The molecule has 0 saturated carbocycles. The summed E-state index contributed by atoms with van der Waals surface area (Å²) in [4.78, 5) is 21.8. The van der Waals surface area contributed by atoms with Gasteiger partial charge in [0, 0.05) is 18.3 Å². The zero-order valence-electron chi connectivity index (χ0n) is 11.1. The number of hydrogen-bond donors (Lipinski definition) is 1. The van der Waals surface area contributed by atoms with E-state index in [1.807, 2.05) is 0 Å². The zero-order chi connectivity index (χ0) is 15.2. The summed E-state index contributed by atoms with van der Waals surface area (Å²) in [5.41, 5.74) is 0.430. The Hall–Kier alpha value is -3.09. The first-order chi connectivity index (χ1) is 10.1. The van der Waals surface area contributed by atoms with Gasteiger partial charge >= 0.3 is 0 Å². The minimum Gasteiger partial charge on any atom is -0.494 e. The minimum atomic E-state index is -0.511.